The summed E-state index contributed by atoms with van der Waals surface area (Å²) in [6.45, 7) is 0.711. The quantitative estimate of drug-likeness (QED) is 0.443. The lowest BCUT2D eigenvalue weighted by molar-refractivity contribution is 0.483. The first kappa shape index (κ1) is 17.5. The number of nitrogens with one attached hydrogen (secondary N) is 2. The van der Waals surface area contributed by atoms with Gasteiger partial charge in [-0.05, 0) is 42.0 Å². The van der Waals surface area contributed by atoms with Crippen LogP contribution in [0.25, 0.3) is 0 Å². The van der Waals surface area contributed by atoms with Gasteiger partial charge >= 0.3 is 0 Å². The van der Waals surface area contributed by atoms with Crippen molar-refractivity contribution in [2.75, 3.05) is 10.6 Å². The van der Waals surface area contributed by atoms with Crippen molar-refractivity contribution in [3.63, 3.8) is 0 Å². The summed E-state index contributed by atoms with van der Waals surface area (Å²) < 4.78 is 5.81. The Morgan fingerprint density at radius 1 is 0.679 bits per heavy atom. The molecule has 0 saturated carbocycles. The van der Waals surface area contributed by atoms with Crippen LogP contribution in [0.1, 0.15) is 5.56 Å². The number of anilines is 3. The summed E-state index contributed by atoms with van der Waals surface area (Å²) in [7, 11) is 0. The van der Waals surface area contributed by atoms with Crippen molar-refractivity contribution >= 4 is 17.3 Å². The first-order chi connectivity index (χ1) is 13.8. The van der Waals surface area contributed by atoms with Gasteiger partial charge in [-0.2, -0.15) is 0 Å². The average molecular weight is 368 g/mol. The first-order valence-electron chi connectivity index (χ1n) is 9.05. The predicted octanol–water partition coefficient (Wildman–Crippen LogP) is 5.62. The van der Waals surface area contributed by atoms with Crippen LogP contribution in [0.15, 0.2) is 97.3 Å². The van der Waals surface area contributed by atoms with Gasteiger partial charge in [0.15, 0.2) is 0 Å². The maximum absolute atomic E-state index is 5.81. The molecule has 0 aliphatic heterocycles. The fraction of sp³-hybridized carbons (Fsp3) is 0.0435. The second kappa shape index (κ2) is 8.68. The van der Waals surface area contributed by atoms with Crippen LogP contribution in [-0.2, 0) is 6.54 Å². The van der Waals surface area contributed by atoms with Gasteiger partial charge in [-0.25, -0.2) is 9.97 Å². The monoisotopic (exact) mass is 368 g/mol. The lowest BCUT2D eigenvalue weighted by Crippen LogP contribution is -2.03. The molecule has 0 saturated heterocycles. The molecule has 0 fully saturated rings. The lowest BCUT2D eigenvalue weighted by Gasteiger charge is -2.10. The SMILES string of the molecule is c1ccc(CNc2cc(Nc3ccc(Oc4ccccc4)cc3)ncn2)cc1. The van der Waals surface area contributed by atoms with Crippen LogP contribution in [0.2, 0.25) is 0 Å². The Morgan fingerprint density at radius 3 is 2.07 bits per heavy atom. The van der Waals surface area contributed by atoms with E-state index in [9.17, 15) is 0 Å². The van der Waals surface area contributed by atoms with Gasteiger partial charge in [0, 0.05) is 18.3 Å². The molecular formula is C23H20N4O. The fourth-order valence-electron chi connectivity index (χ4n) is 2.69. The average Bonchev–Trinajstić information content (AvgIpc) is 2.76. The lowest BCUT2D eigenvalue weighted by atomic mass is 10.2. The van der Waals surface area contributed by atoms with Crippen molar-refractivity contribution in [1.82, 2.24) is 9.97 Å². The minimum absolute atomic E-state index is 0.711. The van der Waals surface area contributed by atoms with Crippen molar-refractivity contribution in [3.8, 4) is 11.5 Å². The zero-order valence-electron chi connectivity index (χ0n) is 15.2. The summed E-state index contributed by atoms with van der Waals surface area (Å²) in [5.74, 6) is 3.09. The van der Waals surface area contributed by atoms with Crippen LogP contribution < -0.4 is 15.4 Å². The molecule has 0 aliphatic carbocycles. The smallest absolute Gasteiger partial charge is 0.135 e. The molecular weight excluding hydrogens is 348 g/mol. The number of para-hydroxylation sites is 1. The van der Waals surface area contributed by atoms with Crippen molar-refractivity contribution in [1.29, 1.82) is 0 Å². The van der Waals surface area contributed by atoms with E-state index >= 15 is 0 Å². The number of benzene rings is 3. The molecule has 0 amide bonds. The van der Waals surface area contributed by atoms with E-state index in [1.54, 1.807) is 6.33 Å². The normalized spacial score (nSPS) is 10.3. The number of rotatable bonds is 7. The highest BCUT2D eigenvalue weighted by molar-refractivity contribution is 5.59. The highest BCUT2D eigenvalue weighted by Gasteiger charge is 2.02. The highest BCUT2D eigenvalue weighted by atomic mass is 16.5. The van der Waals surface area contributed by atoms with E-state index in [0.29, 0.717) is 6.54 Å². The molecule has 1 heterocycles. The Labute approximate surface area is 164 Å². The van der Waals surface area contributed by atoms with Crippen LogP contribution >= 0.6 is 0 Å². The van der Waals surface area contributed by atoms with Crippen LogP contribution in [-0.4, -0.2) is 9.97 Å². The van der Waals surface area contributed by atoms with Gasteiger partial charge in [0.25, 0.3) is 0 Å². The van der Waals surface area contributed by atoms with Crippen molar-refractivity contribution in [2.24, 2.45) is 0 Å². The van der Waals surface area contributed by atoms with Gasteiger partial charge in [-0.3, -0.25) is 0 Å². The topological polar surface area (TPSA) is 59.1 Å². The zero-order chi connectivity index (χ0) is 19.0. The van der Waals surface area contributed by atoms with E-state index in [1.807, 2.05) is 78.9 Å². The summed E-state index contributed by atoms with van der Waals surface area (Å²) in [6, 6.07) is 29.6. The van der Waals surface area contributed by atoms with E-state index < -0.39 is 0 Å². The maximum atomic E-state index is 5.81. The van der Waals surface area contributed by atoms with Gasteiger partial charge in [0.1, 0.15) is 29.5 Å². The highest BCUT2D eigenvalue weighted by Crippen LogP contribution is 2.24. The number of hydrogen-bond acceptors (Lipinski definition) is 5. The molecule has 0 atom stereocenters. The third kappa shape index (κ3) is 4.86. The van der Waals surface area contributed by atoms with Crippen LogP contribution in [0.3, 0.4) is 0 Å². The molecule has 3 aromatic carbocycles. The summed E-state index contributed by atoms with van der Waals surface area (Å²) in [5.41, 5.74) is 2.12. The van der Waals surface area contributed by atoms with Gasteiger partial charge in [0.2, 0.25) is 0 Å². The van der Waals surface area contributed by atoms with E-state index in [1.165, 1.54) is 5.56 Å². The molecule has 4 aromatic rings. The molecule has 5 heteroatoms. The summed E-state index contributed by atoms with van der Waals surface area (Å²) >= 11 is 0. The minimum Gasteiger partial charge on any atom is -0.457 e. The molecule has 2 N–H and O–H groups in total. The molecule has 138 valence electrons. The second-order valence-corrected chi connectivity index (χ2v) is 6.19. The van der Waals surface area contributed by atoms with Crippen LogP contribution in [0.4, 0.5) is 17.3 Å². The fourth-order valence-corrected chi connectivity index (χ4v) is 2.69. The van der Waals surface area contributed by atoms with Gasteiger partial charge in [-0.1, -0.05) is 48.5 Å². The third-order valence-corrected chi connectivity index (χ3v) is 4.09. The summed E-state index contributed by atoms with van der Waals surface area (Å²) in [6.07, 6.45) is 1.54. The molecule has 0 radical (unpaired) electrons. The number of aromatic nitrogens is 2. The predicted molar refractivity (Wildman–Crippen MR) is 112 cm³/mol. The minimum atomic E-state index is 0.711. The standard InChI is InChI=1S/C23H20N4O/c1-3-7-18(8-4-1)16-24-22-15-23(26-17-25-22)27-19-11-13-21(14-12-19)28-20-9-5-2-6-10-20/h1-15,17H,16H2,(H2,24,25,26,27). The Hall–Kier alpha value is -3.86. The van der Waals surface area contributed by atoms with Crippen molar-refractivity contribution in [2.45, 2.75) is 6.54 Å². The number of hydrogen-bond donors (Lipinski definition) is 2. The van der Waals surface area contributed by atoms with Crippen LogP contribution in [0.5, 0.6) is 11.5 Å². The third-order valence-electron chi connectivity index (χ3n) is 4.09. The molecule has 28 heavy (non-hydrogen) atoms. The molecule has 0 bridgehead atoms. The maximum Gasteiger partial charge on any atom is 0.135 e. The molecule has 1 aromatic heterocycles. The number of nitrogens with zero attached hydrogens (tertiary/aromatic N) is 2. The molecule has 0 aliphatic rings. The molecule has 5 nitrogen and oxygen atoms in total. The Balaban J connectivity index is 1.37. The van der Waals surface area contributed by atoms with Gasteiger partial charge in [-0.15, -0.1) is 0 Å². The first-order valence-corrected chi connectivity index (χ1v) is 9.05. The van der Waals surface area contributed by atoms with Gasteiger partial charge in [0.05, 0.1) is 0 Å². The molecule has 0 spiro atoms. The van der Waals surface area contributed by atoms with Crippen molar-refractivity contribution < 1.29 is 4.74 Å². The largest absolute Gasteiger partial charge is 0.457 e. The van der Waals surface area contributed by atoms with E-state index in [0.717, 1.165) is 28.8 Å². The Morgan fingerprint density at radius 2 is 1.32 bits per heavy atom. The zero-order valence-corrected chi connectivity index (χ0v) is 15.2. The molecule has 0 unspecified atom stereocenters. The summed E-state index contributed by atoms with van der Waals surface area (Å²) in [5, 5.41) is 6.60. The molecule has 4 rings (SSSR count). The van der Waals surface area contributed by atoms with Gasteiger partial charge < -0.3 is 15.4 Å². The van der Waals surface area contributed by atoms with Crippen molar-refractivity contribution in [3.05, 3.63) is 103 Å². The Bertz CT molecular complexity index is 1010. The van der Waals surface area contributed by atoms with E-state index in [2.05, 4.69) is 32.7 Å². The Kier molecular flexibility index (Phi) is 5.44. The summed E-state index contributed by atoms with van der Waals surface area (Å²) in [4.78, 5) is 8.56. The number of ether oxygens (including phenoxy) is 1. The second-order valence-electron chi connectivity index (χ2n) is 6.19. The van der Waals surface area contributed by atoms with E-state index in [-0.39, 0.29) is 0 Å². The van der Waals surface area contributed by atoms with Crippen LogP contribution in [0, 0.1) is 0 Å². The van der Waals surface area contributed by atoms with E-state index in [4.69, 9.17) is 4.74 Å².